The van der Waals surface area contributed by atoms with Crippen LogP contribution in [0.25, 0.3) is 0 Å². The Morgan fingerprint density at radius 3 is 2.46 bits per heavy atom. The molecule has 4 heteroatoms. The highest BCUT2D eigenvalue weighted by atomic mass is 16.6. The van der Waals surface area contributed by atoms with Gasteiger partial charge in [-0.15, -0.1) is 0 Å². The second-order valence-electron chi connectivity index (χ2n) is 2.96. The van der Waals surface area contributed by atoms with Crippen molar-refractivity contribution < 1.29 is 4.92 Å². The second-order valence-corrected chi connectivity index (χ2v) is 2.96. The summed E-state index contributed by atoms with van der Waals surface area (Å²) < 4.78 is 0. The van der Waals surface area contributed by atoms with E-state index in [1.165, 1.54) is 6.07 Å². The van der Waals surface area contributed by atoms with Gasteiger partial charge >= 0.3 is 0 Å². The number of nitro benzene ring substituents is 1. The van der Waals surface area contributed by atoms with Crippen LogP contribution in [0.1, 0.15) is 5.56 Å². The number of hydrogen-bond acceptors (Lipinski definition) is 3. The Labute approximate surface area is 76.9 Å². The van der Waals surface area contributed by atoms with Crippen LogP contribution >= 0.6 is 0 Å². The SMILES string of the molecule is [CH2]c1cc(N(C)C)ccc1[N+](=O)[O-]. The zero-order chi connectivity index (χ0) is 10.0. The summed E-state index contributed by atoms with van der Waals surface area (Å²) in [6.07, 6.45) is 0. The van der Waals surface area contributed by atoms with Crippen LogP contribution in [0.5, 0.6) is 0 Å². The van der Waals surface area contributed by atoms with Crippen molar-refractivity contribution in [1.82, 2.24) is 0 Å². The standard InChI is InChI=1S/C9H11N2O2/c1-7-6-8(10(2)3)4-5-9(7)11(12)13/h4-6H,1H2,2-3H3. The third-order valence-corrected chi connectivity index (χ3v) is 1.78. The molecule has 0 aromatic heterocycles. The molecule has 0 heterocycles. The fraction of sp³-hybridized carbons (Fsp3) is 0.222. The number of hydrogen-bond donors (Lipinski definition) is 0. The van der Waals surface area contributed by atoms with E-state index in [0.29, 0.717) is 5.56 Å². The fourth-order valence-corrected chi connectivity index (χ4v) is 1.03. The van der Waals surface area contributed by atoms with E-state index in [4.69, 9.17) is 0 Å². The Balaban J connectivity index is 3.13. The maximum atomic E-state index is 10.5. The van der Waals surface area contributed by atoms with Crippen molar-refractivity contribution in [2.45, 2.75) is 0 Å². The maximum absolute atomic E-state index is 10.5. The molecule has 0 amide bonds. The highest BCUT2D eigenvalue weighted by Gasteiger charge is 2.10. The zero-order valence-corrected chi connectivity index (χ0v) is 7.65. The van der Waals surface area contributed by atoms with Crippen LogP contribution < -0.4 is 4.90 Å². The first-order valence-electron chi connectivity index (χ1n) is 3.80. The van der Waals surface area contributed by atoms with Crippen LogP contribution in [0, 0.1) is 17.0 Å². The van der Waals surface area contributed by atoms with Crippen molar-refractivity contribution in [2.75, 3.05) is 19.0 Å². The van der Waals surface area contributed by atoms with E-state index >= 15 is 0 Å². The predicted molar refractivity (Wildman–Crippen MR) is 51.9 cm³/mol. The molecule has 0 aliphatic rings. The molecule has 1 radical (unpaired) electrons. The highest BCUT2D eigenvalue weighted by Crippen LogP contribution is 2.22. The number of benzene rings is 1. The molecule has 13 heavy (non-hydrogen) atoms. The van der Waals surface area contributed by atoms with Crippen LogP contribution in [-0.4, -0.2) is 19.0 Å². The molecule has 0 fully saturated rings. The molecular weight excluding hydrogens is 168 g/mol. The number of nitro groups is 1. The van der Waals surface area contributed by atoms with E-state index in [1.807, 2.05) is 19.0 Å². The van der Waals surface area contributed by atoms with Crippen LogP contribution in [0.15, 0.2) is 18.2 Å². The van der Waals surface area contributed by atoms with E-state index < -0.39 is 4.92 Å². The first kappa shape index (κ1) is 9.51. The normalized spacial score (nSPS) is 9.77. The first-order chi connectivity index (χ1) is 6.02. The fourth-order valence-electron chi connectivity index (χ4n) is 1.03. The quantitative estimate of drug-likeness (QED) is 0.514. The lowest BCUT2D eigenvalue weighted by atomic mass is 10.2. The van der Waals surface area contributed by atoms with Gasteiger partial charge in [0.05, 0.1) is 4.92 Å². The molecule has 0 saturated heterocycles. The summed E-state index contributed by atoms with van der Waals surface area (Å²) in [4.78, 5) is 11.9. The predicted octanol–water partition coefficient (Wildman–Crippen LogP) is 1.84. The Bertz CT molecular complexity index is 334. The van der Waals surface area contributed by atoms with Gasteiger partial charge in [0, 0.05) is 31.4 Å². The van der Waals surface area contributed by atoms with Crippen LogP contribution in [0.3, 0.4) is 0 Å². The lowest BCUT2D eigenvalue weighted by molar-refractivity contribution is -0.385. The molecule has 0 N–H and O–H groups in total. The van der Waals surface area contributed by atoms with Gasteiger partial charge in [-0.3, -0.25) is 10.1 Å². The lowest BCUT2D eigenvalue weighted by Gasteiger charge is -2.12. The van der Waals surface area contributed by atoms with E-state index in [0.717, 1.165) is 5.69 Å². The summed E-state index contributed by atoms with van der Waals surface area (Å²) in [6.45, 7) is 3.62. The highest BCUT2D eigenvalue weighted by molar-refractivity contribution is 5.55. The summed E-state index contributed by atoms with van der Waals surface area (Å²) in [6, 6.07) is 4.86. The Morgan fingerprint density at radius 2 is 2.08 bits per heavy atom. The molecule has 0 aliphatic heterocycles. The minimum atomic E-state index is -0.429. The average Bonchev–Trinajstić information content (AvgIpc) is 2.03. The third kappa shape index (κ3) is 1.96. The largest absolute Gasteiger partial charge is 0.378 e. The molecule has 0 aliphatic carbocycles. The Morgan fingerprint density at radius 1 is 1.46 bits per heavy atom. The van der Waals surface area contributed by atoms with Gasteiger partial charge < -0.3 is 4.90 Å². The van der Waals surface area contributed by atoms with E-state index in [-0.39, 0.29) is 5.69 Å². The molecular formula is C9H11N2O2. The number of rotatable bonds is 2. The molecule has 69 valence electrons. The van der Waals surface area contributed by atoms with Gasteiger partial charge in [0.1, 0.15) is 0 Å². The van der Waals surface area contributed by atoms with Gasteiger partial charge in [-0.25, -0.2) is 0 Å². The van der Waals surface area contributed by atoms with Crippen molar-refractivity contribution in [3.63, 3.8) is 0 Å². The Kier molecular flexibility index (Phi) is 2.51. The molecule has 0 spiro atoms. The zero-order valence-electron chi connectivity index (χ0n) is 7.65. The van der Waals surface area contributed by atoms with Crippen molar-refractivity contribution in [1.29, 1.82) is 0 Å². The van der Waals surface area contributed by atoms with Gasteiger partial charge in [-0.1, -0.05) is 0 Å². The first-order valence-corrected chi connectivity index (χ1v) is 3.80. The summed E-state index contributed by atoms with van der Waals surface area (Å²) in [5, 5.41) is 10.5. The van der Waals surface area contributed by atoms with E-state index in [2.05, 4.69) is 6.92 Å². The van der Waals surface area contributed by atoms with Crippen molar-refractivity contribution in [2.24, 2.45) is 0 Å². The van der Waals surface area contributed by atoms with Crippen molar-refractivity contribution in [3.8, 4) is 0 Å². The van der Waals surface area contributed by atoms with Crippen LogP contribution in [-0.2, 0) is 0 Å². The summed E-state index contributed by atoms with van der Waals surface area (Å²) in [5.74, 6) is 0. The molecule has 1 rings (SSSR count). The summed E-state index contributed by atoms with van der Waals surface area (Å²) in [5.41, 5.74) is 1.41. The topological polar surface area (TPSA) is 46.4 Å². The second kappa shape index (κ2) is 3.43. The van der Waals surface area contributed by atoms with Crippen LogP contribution in [0.2, 0.25) is 0 Å². The monoisotopic (exact) mass is 179 g/mol. The number of anilines is 1. The molecule has 0 unspecified atom stereocenters. The summed E-state index contributed by atoms with van der Waals surface area (Å²) in [7, 11) is 3.75. The van der Waals surface area contributed by atoms with Gasteiger partial charge in [0.2, 0.25) is 0 Å². The summed E-state index contributed by atoms with van der Waals surface area (Å²) >= 11 is 0. The third-order valence-electron chi connectivity index (χ3n) is 1.78. The van der Waals surface area contributed by atoms with E-state index in [9.17, 15) is 10.1 Å². The molecule has 0 atom stereocenters. The van der Waals surface area contributed by atoms with Gasteiger partial charge in [-0.05, 0) is 19.1 Å². The van der Waals surface area contributed by atoms with Crippen LogP contribution in [0.4, 0.5) is 11.4 Å². The molecule has 0 bridgehead atoms. The smallest absolute Gasteiger partial charge is 0.272 e. The lowest BCUT2D eigenvalue weighted by Crippen LogP contribution is -2.08. The molecule has 1 aromatic carbocycles. The average molecular weight is 179 g/mol. The Hall–Kier alpha value is -1.58. The molecule has 0 saturated carbocycles. The van der Waals surface area contributed by atoms with Gasteiger partial charge in [-0.2, -0.15) is 0 Å². The molecule has 1 aromatic rings. The van der Waals surface area contributed by atoms with E-state index in [1.54, 1.807) is 12.1 Å². The van der Waals surface area contributed by atoms with Crippen molar-refractivity contribution in [3.05, 3.63) is 40.8 Å². The maximum Gasteiger partial charge on any atom is 0.272 e. The van der Waals surface area contributed by atoms with Gasteiger partial charge in [0.15, 0.2) is 0 Å². The molecule has 4 nitrogen and oxygen atoms in total. The number of nitrogens with zero attached hydrogens (tertiary/aromatic N) is 2. The van der Waals surface area contributed by atoms with Gasteiger partial charge in [0.25, 0.3) is 5.69 Å². The minimum absolute atomic E-state index is 0.0607. The van der Waals surface area contributed by atoms with Crippen molar-refractivity contribution >= 4 is 11.4 Å². The minimum Gasteiger partial charge on any atom is -0.378 e.